The molecule has 0 aliphatic carbocycles. The Labute approximate surface area is 114 Å². The van der Waals surface area contributed by atoms with Crippen LogP contribution in [0.15, 0.2) is 0 Å². The van der Waals surface area contributed by atoms with E-state index in [0.29, 0.717) is 10.8 Å². The number of ether oxygens (including phenoxy) is 2. The predicted molar refractivity (Wildman–Crippen MR) is 67.0 cm³/mol. The number of aliphatic hydroxyl groups excluding tert-OH is 4. The van der Waals surface area contributed by atoms with Crippen molar-refractivity contribution in [2.24, 2.45) is 0 Å². The van der Waals surface area contributed by atoms with Gasteiger partial charge in [-0.15, -0.1) is 0 Å². The van der Waals surface area contributed by atoms with E-state index in [2.05, 4.69) is 0 Å². The van der Waals surface area contributed by atoms with Crippen molar-refractivity contribution in [3.63, 3.8) is 0 Å². The van der Waals surface area contributed by atoms with Gasteiger partial charge in [0.1, 0.15) is 24.4 Å². The summed E-state index contributed by atoms with van der Waals surface area (Å²) in [7, 11) is -2.49. The lowest BCUT2D eigenvalue weighted by Gasteiger charge is -2.39. The second kappa shape index (κ2) is 7.18. The summed E-state index contributed by atoms with van der Waals surface area (Å²) in [5.74, 6) is 0.133. The van der Waals surface area contributed by atoms with E-state index in [9.17, 15) is 23.7 Å². The first-order valence-electron chi connectivity index (χ1n) is 5.53. The molecule has 0 bridgehead atoms. The summed E-state index contributed by atoms with van der Waals surface area (Å²) < 4.78 is 31.9. The molecule has 0 saturated carbocycles. The van der Waals surface area contributed by atoms with Crippen LogP contribution in [0.4, 0.5) is 0 Å². The Balaban J connectivity index is 2.44. The fourth-order valence-electron chi connectivity index (χ4n) is 1.55. The third-order valence-corrected chi connectivity index (χ3v) is 5.06. The molecule has 0 spiro atoms. The van der Waals surface area contributed by atoms with E-state index in [0.717, 1.165) is 6.26 Å². The third-order valence-electron chi connectivity index (χ3n) is 2.51. The zero-order valence-corrected chi connectivity index (χ0v) is 11.9. The molecule has 0 aromatic rings. The Bertz CT molecular complexity index is 370. The van der Waals surface area contributed by atoms with Gasteiger partial charge in [0.25, 0.3) is 0 Å². The average Bonchev–Trinajstić information content (AvgIpc) is 2.33. The summed E-state index contributed by atoms with van der Waals surface area (Å²) in [6.07, 6.45) is -5.61. The van der Waals surface area contributed by atoms with Crippen molar-refractivity contribution < 1.29 is 38.3 Å². The van der Waals surface area contributed by atoms with Gasteiger partial charge in [0.15, 0.2) is 15.2 Å². The van der Waals surface area contributed by atoms with Crippen LogP contribution in [-0.4, -0.2) is 84.8 Å². The molecule has 1 heterocycles. The van der Waals surface area contributed by atoms with Crippen LogP contribution in [0.1, 0.15) is 0 Å². The smallest absolute Gasteiger partial charge is 0.198 e. The van der Waals surface area contributed by atoms with Gasteiger partial charge in [0, 0.05) is 12.0 Å². The normalized spacial score (nSPS) is 36.4. The molecule has 1 rings (SSSR count). The molecule has 1 aliphatic rings. The Morgan fingerprint density at radius 1 is 1.21 bits per heavy atom. The molecule has 1 saturated heterocycles. The Hall–Kier alpha value is 0.0600. The molecular formula is C9H18O8S2. The molecule has 0 amide bonds. The summed E-state index contributed by atoms with van der Waals surface area (Å²) in [4.78, 5) is 0. The molecule has 8 nitrogen and oxygen atoms in total. The van der Waals surface area contributed by atoms with Gasteiger partial charge in [-0.2, -0.15) is 0 Å². The average molecular weight is 318 g/mol. The van der Waals surface area contributed by atoms with Crippen LogP contribution in [0.3, 0.4) is 0 Å². The van der Waals surface area contributed by atoms with Crippen LogP contribution >= 0.6 is 10.8 Å². The largest absolute Gasteiger partial charge is 0.394 e. The van der Waals surface area contributed by atoms with Crippen LogP contribution in [-0.2, 0) is 18.3 Å². The number of rotatable bonds is 6. The minimum absolute atomic E-state index is 0.0274. The Morgan fingerprint density at radius 2 is 1.84 bits per heavy atom. The van der Waals surface area contributed by atoms with Gasteiger partial charge in [0.05, 0.1) is 13.2 Å². The van der Waals surface area contributed by atoms with Crippen molar-refractivity contribution in [3.05, 3.63) is 0 Å². The van der Waals surface area contributed by atoms with Gasteiger partial charge in [0.2, 0.25) is 0 Å². The van der Waals surface area contributed by atoms with E-state index in [1.165, 1.54) is 0 Å². The molecule has 4 N–H and O–H groups in total. The molecule has 0 radical (unpaired) electrons. The monoisotopic (exact) mass is 318 g/mol. The summed E-state index contributed by atoms with van der Waals surface area (Å²) in [6, 6.07) is 0. The van der Waals surface area contributed by atoms with Crippen molar-refractivity contribution in [1.82, 2.24) is 0 Å². The number of hydrogen-bond donors (Lipinski definition) is 4. The lowest BCUT2D eigenvalue weighted by atomic mass is 9.99. The van der Waals surface area contributed by atoms with Crippen LogP contribution < -0.4 is 0 Å². The zero-order valence-electron chi connectivity index (χ0n) is 10.2. The standard InChI is InChI=1S/C9H18O8S2/c1-19(14,15)18-3-2-16-9-8(13)7(12)6(11)5(4-10)17-9/h5-13H,2-4H2,1H3. The predicted octanol–water partition coefficient (Wildman–Crippen LogP) is -2.50. The maximum Gasteiger partial charge on any atom is 0.198 e. The van der Waals surface area contributed by atoms with Crippen molar-refractivity contribution in [1.29, 1.82) is 0 Å². The highest BCUT2D eigenvalue weighted by atomic mass is 33.1. The minimum Gasteiger partial charge on any atom is -0.394 e. The van der Waals surface area contributed by atoms with Crippen LogP contribution in [0, 0.1) is 0 Å². The number of aliphatic hydroxyl groups is 4. The van der Waals surface area contributed by atoms with Crippen molar-refractivity contribution in [2.75, 3.05) is 25.2 Å². The lowest BCUT2D eigenvalue weighted by molar-refractivity contribution is -0.299. The highest BCUT2D eigenvalue weighted by molar-refractivity contribution is 8.71. The Morgan fingerprint density at radius 3 is 2.37 bits per heavy atom. The summed E-state index contributed by atoms with van der Waals surface area (Å²) in [5.41, 5.74) is 0. The van der Waals surface area contributed by atoms with E-state index in [1.807, 2.05) is 0 Å². The first-order chi connectivity index (χ1) is 8.76. The van der Waals surface area contributed by atoms with E-state index in [1.54, 1.807) is 0 Å². The van der Waals surface area contributed by atoms with Gasteiger partial charge in [-0.05, 0) is 10.8 Å². The first kappa shape index (κ1) is 17.1. The van der Waals surface area contributed by atoms with E-state index in [-0.39, 0.29) is 12.4 Å². The molecule has 1 fully saturated rings. The highest BCUT2D eigenvalue weighted by Crippen LogP contribution is 2.22. The molecule has 5 atom stereocenters. The topological polar surface area (TPSA) is 134 Å². The minimum atomic E-state index is -3.17. The second-order valence-corrected chi connectivity index (χ2v) is 8.67. The molecular weight excluding hydrogens is 300 g/mol. The molecule has 0 aromatic heterocycles. The van der Waals surface area contributed by atoms with Gasteiger partial charge in [-0.25, -0.2) is 8.42 Å². The van der Waals surface area contributed by atoms with Crippen molar-refractivity contribution in [2.45, 2.75) is 30.7 Å². The van der Waals surface area contributed by atoms with Gasteiger partial charge >= 0.3 is 0 Å². The fourth-order valence-corrected chi connectivity index (χ4v) is 3.13. The molecule has 0 aromatic carbocycles. The molecule has 1 aliphatic heterocycles. The highest BCUT2D eigenvalue weighted by Gasteiger charge is 2.43. The molecule has 19 heavy (non-hydrogen) atoms. The summed E-state index contributed by atoms with van der Waals surface area (Å²) in [6.45, 7) is -0.566. The van der Waals surface area contributed by atoms with Gasteiger partial charge in [-0.1, -0.05) is 0 Å². The summed E-state index contributed by atoms with van der Waals surface area (Å²) >= 11 is 0. The maximum absolute atomic E-state index is 10.9. The molecule has 5 unspecified atom stereocenters. The van der Waals surface area contributed by atoms with Crippen LogP contribution in [0.5, 0.6) is 0 Å². The van der Waals surface area contributed by atoms with Crippen molar-refractivity contribution >= 4 is 19.7 Å². The Kier molecular flexibility index (Phi) is 6.47. The first-order valence-corrected chi connectivity index (χ1v) is 8.92. The van der Waals surface area contributed by atoms with Crippen molar-refractivity contribution in [3.8, 4) is 0 Å². The third kappa shape index (κ3) is 5.16. The zero-order chi connectivity index (χ0) is 14.6. The lowest BCUT2D eigenvalue weighted by Crippen LogP contribution is -2.59. The second-order valence-electron chi connectivity index (χ2n) is 4.09. The van der Waals surface area contributed by atoms with Gasteiger partial charge < -0.3 is 29.9 Å². The van der Waals surface area contributed by atoms with Crippen LogP contribution in [0.25, 0.3) is 0 Å². The van der Waals surface area contributed by atoms with Crippen LogP contribution in [0.2, 0.25) is 0 Å². The number of hydrogen-bond acceptors (Lipinski definition) is 9. The van der Waals surface area contributed by atoms with Gasteiger partial charge in [-0.3, -0.25) is 0 Å². The summed E-state index contributed by atoms with van der Waals surface area (Å²) in [5, 5.41) is 37.6. The van der Waals surface area contributed by atoms with E-state index < -0.39 is 46.2 Å². The SMILES string of the molecule is CS(=O)(=O)SCCOC1OC(CO)C(O)C(O)C1O. The van der Waals surface area contributed by atoms with E-state index >= 15 is 0 Å². The van der Waals surface area contributed by atoms with E-state index in [4.69, 9.17) is 14.6 Å². The quantitative estimate of drug-likeness (QED) is 0.309. The maximum atomic E-state index is 10.9. The fraction of sp³-hybridized carbons (Fsp3) is 1.00. The molecule has 10 heteroatoms. The molecule has 114 valence electrons.